The molecular formula is C27H27BrF6N2O3. The van der Waals surface area contributed by atoms with Crippen molar-refractivity contribution in [2.75, 3.05) is 13.7 Å². The maximum absolute atomic E-state index is 13.4. The van der Waals surface area contributed by atoms with Crippen LogP contribution in [0.5, 0.6) is 5.75 Å². The van der Waals surface area contributed by atoms with E-state index in [1.165, 1.54) is 12.0 Å². The first-order chi connectivity index (χ1) is 18.0. The molecule has 0 N–H and O–H groups in total. The second-order valence-corrected chi connectivity index (χ2v) is 11.5. The molecule has 1 aromatic heterocycles. The molecule has 0 radical (unpaired) electrons. The standard InChI is InChI=1S/C27H27BrF6N2O3/c1-14-23(15-7-17(26(29,30)31)9-18(8-15)27(32,33)34)39-24(37)36(14)13-16-11-25(2,3)6-5-19(16)20-10-22(28)35-12-21(20)38-4/h7-10,12,14,23H,5-6,11,13H2,1-4H3/t14-,23-/m0/s1. The third kappa shape index (κ3) is 6.20. The number of allylic oxidation sites excluding steroid dienone is 1. The number of amides is 1. The van der Waals surface area contributed by atoms with Crippen LogP contribution in [0.3, 0.4) is 0 Å². The van der Waals surface area contributed by atoms with Gasteiger partial charge in [-0.2, -0.15) is 26.3 Å². The van der Waals surface area contributed by atoms with Crippen LogP contribution in [0.4, 0.5) is 31.1 Å². The van der Waals surface area contributed by atoms with Gasteiger partial charge in [0.05, 0.1) is 30.5 Å². The number of rotatable bonds is 5. The zero-order valence-corrected chi connectivity index (χ0v) is 23.2. The number of cyclic esters (lactones) is 1. The van der Waals surface area contributed by atoms with Crippen LogP contribution >= 0.6 is 15.9 Å². The van der Waals surface area contributed by atoms with Crippen molar-refractivity contribution in [3.63, 3.8) is 0 Å². The number of nitrogens with zero attached hydrogens (tertiary/aromatic N) is 2. The zero-order chi connectivity index (χ0) is 28.9. The highest BCUT2D eigenvalue weighted by Gasteiger charge is 2.44. The fraction of sp³-hybridized carbons (Fsp3) is 0.481. The summed E-state index contributed by atoms with van der Waals surface area (Å²) in [5.74, 6) is 0.545. The molecule has 1 saturated heterocycles. The van der Waals surface area contributed by atoms with Crippen LogP contribution in [0.2, 0.25) is 0 Å². The summed E-state index contributed by atoms with van der Waals surface area (Å²) >= 11 is 3.38. The monoisotopic (exact) mass is 620 g/mol. The molecular weight excluding hydrogens is 594 g/mol. The van der Waals surface area contributed by atoms with Crippen molar-refractivity contribution in [2.45, 2.75) is 64.5 Å². The number of carbonyl (C=O) groups is 1. The summed E-state index contributed by atoms with van der Waals surface area (Å²) in [6, 6.07) is 2.28. The van der Waals surface area contributed by atoms with Crippen molar-refractivity contribution < 1.29 is 40.6 Å². The van der Waals surface area contributed by atoms with Crippen LogP contribution in [0.15, 0.2) is 40.6 Å². The third-order valence-electron chi connectivity index (χ3n) is 7.24. The van der Waals surface area contributed by atoms with Crippen LogP contribution in [0.25, 0.3) is 5.57 Å². The van der Waals surface area contributed by atoms with Gasteiger partial charge in [0.15, 0.2) is 0 Å². The van der Waals surface area contributed by atoms with E-state index in [-0.39, 0.29) is 23.6 Å². The summed E-state index contributed by atoms with van der Waals surface area (Å²) in [6.07, 6.45) is -8.39. The molecule has 212 valence electrons. The van der Waals surface area contributed by atoms with E-state index in [0.717, 1.165) is 23.1 Å². The molecule has 2 atom stereocenters. The first-order valence-corrected chi connectivity index (χ1v) is 13.0. The number of benzene rings is 1. The maximum atomic E-state index is 13.4. The number of halogens is 7. The molecule has 39 heavy (non-hydrogen) atoms. The number of hydrogen-bond acceptors (Lipinski definition) is 4. The van der Waals surface area contributed by atoms with Gasteiger partial charge in [-0.15, -0.1) is 0 Å². The van der Waals surface area contributed by atoms with E-state index in [9.17, 15) is 31.1 Å². The molecule has 4 rings (SSSR count). The Hall–Kier alpha value is -2.76. The van der Waals surface area contributed by atoms with Gasteiger partial charge in [0, 0.05) is 12.1 Å². The summed E-state index contributed by atoms with van der Waals surface area (Å²) in [5.41, 5.74) is -0.700. The largest absolute Gasteiger partial charge is 0.495 e. The van der Waals surface area contributed by atoms with Crippen LogP contribution in [0, 0.1) is 5.41 Å². The molecule has 1 aromatic carbocycles. The first-order valence-electron chi connectivity index (χ1n) is 12.2. The first kappa shape index (κ1) is 29.2. The van der Waals surface area contributed by atoms with Crippen LogP contribution in [-0.4, -0.2) is 35.7 Å². The Kier molecular flexibility index (Phi) is 7.74. The molecule has 5 nitrogen and oxygen atoms in total. The maximum Gasteiger partial charge on any atom is 0.416 e. The lowest BCUT2D eigenvalue weighted by atomic mass is 9.72. The summed E-state index contributed by atoms with van der Waals surface area (Å²) in [5, 5.41) is 0. The second-order valence-electron chi connectivity index (χ2n) is 10.6. The number of hydrogen-bond donors (Lipinski definition) is 0. The third-order valence-corrected chi connectivity index (χ3v) is 7.68. The Morgan fingerprint density at radius 2 is 1.72 bits per heavy atom. The van der Waals surface area contributed by atoms with E-state index in [0.29, 0.717) is 35.3 Å². The Bertz CT molecular complexity index is 1270. The lowest BCUT2D eigenvalue weighted by Crippen LogP contribution is -2.35. The van der Waals surface area contributed by atoms with Gasteiger partial charge in [-0.3, -0.25) is 4.90 Å². The highest BCUT2D eigenvalue weighted by molar-refractivity contribution is 9.10. The molecule has 0 spiro atoms. The van der Waals surface area contributed by atoms with Crippen molar-refractivity contribution >= 4 is 27.6 Å². The second kappa shape index (κ2) is 10.3. The van der Waals surface area contributed by atoms with Crippen LogP contribution < -0.4 is 4.74 Å². The van der Waals surface area contributed by atoms with Crippen LogP contribution in [0.1, 0.15) is 68.4 Å². The van der Waals surface area contributed by atoms with Crippen LogP contribution in [-0.2, 0) is 17.1 Å². The smallest absolute Gasteiger partial charge is 0.416 e. The van der Waals surface area contributed by atoms with E-state index < -0.39 is 41.7 Å². The Morgan fingerprint density at radius 3 is 2.28 bits per heavy atom. The van der Waals surface area contributed by atoms with Crippen molar-refractivity contribution in [2.24, 2.45) is 5.41 Å². The molecule has 1 fully saturated rings. The molecule has 1 aliphatic carbocycles. The van der Waals surface area contributed by atoms with Gasteiger partial charge in [-0.05, 0) is 88.5 Å². The SMILES string of the molecule is COc1cnc(Br)cc1C1=C(CN2C(=O)O[C@H](c3cc(C(F)(F)F)cc(C(F)(F)F)c3)[C@@H]2C)CC(C)(C)CC1. The summed E-state index contributed by atoms with van der Waals surface area (Å²) in [4.78, 5) is 18.5. The summed E-state index contributed by atoms with van der Waals surface area (Å²) in [6.45, 7) is 5.85. The highest BCUT2D eigenvalue weighted by Crippen LogP contribution is 2.46. The van der Waals surface area contributed by atoms with Crippen molar-refractivity contribution in [1.29, 1.82) is 0 Å². The van der Waals surface area contributed by atoms with Gasteiger partial charge in [0.2, 0.25) is 0 Å². The fourth-order valence-electron chi connectivity index (χ4n) is 5.21. The molecule has 0 bridgehead atoms. The molecule has 2 heterocycles. The quantitative estimate of drug-likeness (QED) is 0.249. The van der Waals surface area contributed by atoms with E-state index >= 15 is 0 Å². The number of ether oxygens (including phenoxy) is 2. The van der Waals surface area contributed by atoms with E-state index in [2.05, 4.69) is 34.8 Å². The molecule has 1 amide bonds. The predicted molar refractivity (Wildman–Crippen MR) is 135 cm³/mol. The lowest BCUT2D eigenvalue weighted by molar-refractivity contribution is -0.143. The van der Waals surface area contributed by atoms with Gasteiger partial charge in [-0.25, -0.2) is 9.78 Å². The molecule has 2 aromatic rings. The zero-order valence-electron chi connectivity index (χ0n) is 21.6. The molecule has 12 heteroatoms. The number of methoxy groups -OCH3 is 1. The number of pyridine rings is 1. The van der Waals surface area contributed by atoms with Gasteiger partial charge in [0.1, 0.15) is 16.5 Å². The van der Waals surface area contributed by atoms with Crippen molar-refractivity contribution in [1.82, 2.24) is 9.88 Å². The lowest BCUT2D eigenvalue weighted by Gasteiger charge is -2.35. The van der Waals surface area contributed by atoms with Gasteiger partial charge in [0.25, 0.3) is 0 Å². The Balaban J connectivity index is 1.73. The average Bonchev–Trinajstić information content (AvgIpc) is 3.10. The summed E-state index contributed by atoms with van der Waals surface area (Å²) < 4.78 is 92.1. The van der Waals surface area contributed by atoms with E-state index in [1.807, 2.05) is 6.07 Å². The molecule has 0 unspecified atom stereocenters. The fourth-order valence-corrected chi connectivity index (χ4v) is 5.54. The summed E-state index contributed by atoms with van der Waals surface area (Å²) in [7, 11) is 1.52. The molecule has 1 aliphatic heterocycles. The van der Waals surface area contributed by atoms with Gasteiger partial charge in [-0.1, -0.05) is 13.8 Å². The van der Waals surface area contributed by atoms with Gasteiger partial charge >= 0.3 is 18.4 Å². The minimum atomic E-state index is -5.01. The molecule has 2 aliphatic rings. The normalized spacial score (nSPS) is 21.8. The number of alkyl halides is 6. The van der Waals surface area contributed by atoms with Gasteiger partial charge < -0.3 is 9.47 Å². The van der Waals surface area contributed by atoms with Crippen molar-refractivity contribution in [3.05, 3.63) is 62.9 Å². The minimum absolute atomic E-state index is 0.0597. The van der Waals surface area contributed by atoms with E-state index in [4.69, 9.17) is 9.47 Å². The van der Waals surface area contributed by atoms with Crippen molar-refractivity contribution in [3.8, 4) is 5.75 Å². The minimum Gasteiger partial charge on any atom is -0.495 e. The van der Waals surface area contributed by atoms with E-state index in [1.54, 1.807) is 13.1 Å². The predicted octanol–water partition coefficient (Wildman–Crippen LogP) is 8.44. The Labute approximate surface area is 230 Å². The number of carbonyl (C=O) groups excluding carboxylic acids is 1. The molecule has 0 saturated carbocycles. The number of aromatic nitrogens is 1. The topological polar surface area (TPSA) is 51.7 Å². The Morgan fingerprint density at radius 1 is 1.10 bits per heavy atom. The highest BCUT2D eigenvalue weighted by atomic mass is 79.9. The average molecular weight is 621 g/mol.